The van der Waals surface area contributed by atoms with E-state index in [0.717, 1.165) is 0 Å². The van der Waals surface area contributed by atoms with Crippen LogP contribution < -0.4 is 0 Å². The molecule has 0 spiro atoms. The van der Waals surface area contributed by atoms with Crippen LogP contribution in [0.15, 0.2) is 36.5 Å². The standard InChI is InChI=1S/C19H26O6/c1-10(2)15(20)8-14-13(7)23-9-16(24-18(21)11(3)4)17(14)25-19(22)12(5)6/h13-14,16-17H,1,3,5,8-9H2,2,4,6-7H3/t13?,14-,16-,17+/m1/s1. The van der Waals surface area contributed by atoms with Gasteiger partial charge in [0.1, 0.15) is 6.10 Å². The molecule has 138 valence electrons. The van der Waals surface area contributed by atoms with E-state index in [2.05, 4.69) is 19.7 Å². The van der Waals surface area contributed by atoms with E-state index in [0.29, 0.717) is 5.57 Å². The highest BCUT2D eigenvalue weighted by Gasteiger charge is 2.44. The summed E-state index contributed by atoms with van der Waals surface area (Å²) in [5.41, 5.74) is 0.838. The van der Waals surface area contributed by atoms with E-state index in [-0.39, 0.29) is 36.1 Å². The normalized spacial score (nSPS) is 25.6. The van der Waals surface area contributed by atoms with Crippen molar-refractivity contribution in [2.75, 3.05) is 6.61 Å². The van der Waals surface area contributed by atoms with Crippen LogP contribution >= 0.6 is 0 Å². The van der Waals surface area contributed by atoms with Gasteiger partial charge in [-0.1, -0.05) is 19.7 Å². The molecule has 0 aromatic heterocycles. The van der Waals surface area contributed by atoms with Crippen molar-refractivity contribution in [1.29, 1.82) is 0 Å². The van der Waals surface area contributed by atoms with Gasteiger partial charge < -0.3 is 14.2 Å². The Hall–Kier alpha value is -2.21. The zero-order valence-electron chi connectivity index (χ0n) is 15.3. The van der Waals surface area contributed by atoms with Gasteiger partial charge in [-0.3, -0.25) is 4.79 Å². The Bertz CT molecular complexity index is 603. The van der Waals surface area contributed by atoms with Crippen LogP contribution in [0.2, 0.25) is 0 Å². The predicted octanol–water partition coefficient (Wildman–Crippen LogP) is 2.53. The summed E-state index contributed by atoms with van der Waals surface area (Å²) >= 11 is 0. The third kappa shape index (κ3) is 5.67. The van der Waals surface area contributed by atoms with Crippen molar-refractivity contribution in [3.05, 3.63) is 36.5 Å². The van der Waals surface area contributed by atoms with Gasteiger partial charge in [0, 0.05) is 23.5 Å². The largest absolute Gasteiger partial charge is 0.455 e. The van der Waals surface area contributed by atoms with Crippen molar-refractivity contribution in [3.63, 3.8) is 0 Å². The van der Waals surface area contributed by atoms with E-state index in [9.17, 15) is 14.4 Å². The molecule has 1 rings (SSSR count). The average molecular weight is 350 g/mol. The fraction of sp³-hybridized carbons (Fsp3) is 0.526. The average Bonchev–Trinajstić information content (AvgIpc) is 2.52. The maximum atomic E-state index is 12.1. The summed E-state index contributed by atoms with van der Waals surface area (Å²) in [6.45, 7) is 17.2. The maximum Gasteiger partial charge on any atom is 0.333 e. The minimum absolute atomic E-state index is 0.0616. The molecule has 0 radical (unpaired) electrons. The van der Waals surface area contributed by atoms with Crippen LogP contribution in [0.5, 0.6) is 0 Å². The summed E-state index contributed by atoms with van der Waals surface area (Å²) in [5.74, 6) is -1.85. The highest BCUT2D eigenvalue weighted by atomic mass is 16.6. The first kappa shape index (κ1) is 20.8. The second-order valence-corrected chi connectivity index (χ2v) is 6.48. The molecular formula is C19H26O6. The Balaban J connectivity index is 3.09. The number of esters is 2. The van der Waals surface area contributed by atoms with Crippen LogP contribution in [-0.4, -0.2) is 42.6 Å². The number of rotatable bonds is 7. The van der Waals surface area contributed by atoms with E-state index < -0.39 is 30.1 Å². The minimum Gasteiger partial charge on any atom is -0.455 e. The molecule has 1 unspecified atom stereocenters. The van der Waals surface area contributed by atoms with E-state index in [4.69, 9.17) is 14.2 Å². The van der Waals surface area contributed by atoms with Crippen LogP contribution in [0.1, 0.15) is 34.1 Å². The molecule has 0 amide bonds. The van der Waals surface area contributed by atoms with Gasteiger partial charge in [-0.25, -0.2) is 9.59 Å². The Morgan fingerprint density at radius 3 is 1.96 bits per heavy atom. The van der Waals surface area contributed by atoms with Gasteiger partial charge in [0.05, 0.1) is 12.7 Å². The third-order valence-corrected chi connectivity index (χ3v) is 4.01. The molecule has 0 N–H and O–H groups in total. The maximum absolute atomic E-state index is 12.1. The summed E-state index contributed by atoms with van der Waals surface area (Å²) in [5, 5.41) is 0. The summed E-state index contributed by atoms with van der Waals surface area (Å²) in [6.07, 6.45) is -1.93. The first-order chi connectivity index (χ1) is 11.5. The second kappa shape index (κ2) is 8.76. The van der Waals surface area contributed by atoms with Crippen LogP contribution in [0.25, 0.3) is 0 Å². The number of allylic oxidation sites excluding steroid dienone is 1. The van der Waals surface area contributed by atoms with Gasteiger partial charge in [-0.15, -0.1) is 0 Å². The fourth-order valence-electron chi connectivity index (χ4n) is 2.40. The molecule has 0 bridgehead atoms. The molecule has 1 saturated heterocycles. The molecule has 1 heterocycles. The number of Topliss-reactive ketones (excluding diaryl/α,β-unsaturated/α-hetero) is 1. The molecule has 0 aromatic rings. The summed E-state index contributed by atoms with van der Waals surface area (Å²) in [4.78, 5) is 36.0. The Labute approximate surface area is 148 Å². The fourth-order valence-corrected chi connectivity index (χ4v) is 2.40. The predicted molar refractivity (Wildman–Crippen MR) is 92.7 cm³/mol. The van der Waals surface area contributed by atoms with Gasteiger partial charge in [-0.05, 0) is 33.3 Å². The molecule has 4 atom stereocenters. The lowest BCUT2D eigenvalue weighted by atomic mass is 9.85. The zero-order valence-corrected chi connectivity index (χ0v) is 15.3. The molecule has 0 saturated carbocycles. The van der Waals surface area contributed by atoms with E-state index >= 15 is 0 Å². The lowest BCUT2D eigenvalue weighted by Crippen LogP contribution is -2.52. The number of ketones is 1. The molecule has 0 aliphatic carbocycles. The first-order valence-electron chi connectivity index (χ1n) is 8.07. The molecular weight excluding hydrogens is 324 g/mol. The van der Waals surface area contributed by atoms with Gasteiger partial charge in [-0.2, -0.15) is 0 Å². The van der Waals surface area contributed by atoms with Crippen molar-refractivity contribution in [2.24, 2.45) is 5.92 Å². The SMILES string of the molecule is C=C(C)C(=O)C[C@@H]1C(C)OC[C@@H](OC(=O)C(=C)C)[C@H]1OC(=O)C(=C)C. The number of hydrogen-bond acceptors (Lipinski definition) is 6. The van der Waals surface area contributed by atoms with Gasteiger partial charge in [0.25, 0.3) is 0 Å². The van der Waals surface area contributed by atoms with Crippen molar-refractivity contribution in [1.82, 2.24) is 0 Å². The second-order valence-electron chi connectivity index (χ2n) is 6.48. The van der Waals surface area contributed by atoms with E-state index in [1.807, 2.05) is 0 Å². The smallest absolute Gasteiger partial charge is 0.333 e. The summed E-state index contributed by atoms with van der Waals surface area (Å²) in [7, 11) is 0. The highest BCUT2D eigenvalue weighted by molar-refractivity contribution is 5.94. The number of carbonyl (C=O) groups excluding carboxylic acids is 3. The lowest BCUT2D eigenvalue weighted by molar-refractivity contribution is -0.199. The van der Waals surface area contributed by atoms with Crippen molar-refractivity contribution in [3.8, 4) is 0 Å². The molecule has 1 aliphatic rings. The Morgan fingerprint density at radius 1 is 0.960 bits per heavy atom. The minimum atomic E-state index is -0.827. The molecule has 1 fully saturated rings. The molecule has 1 aliphatic heterocycles. The third-order valence-electron chi connectivity index (χ3n) is 4.01. The molecule has 25 heavy (non-hydrogen) atoms. The van der Waals surface area contributed by atoms with Crippen LogP contribution in [-0.2, 0) is 28.6 Å². The van der Waals surface area contributed by atoms with E-state index in [1.54, 1.807) is 13.8 Å². The molecule has 0 aromatic carbocycles. The topological polar surface area (TPSA) is 78.9 Å². The van der Waals surface area contributed by atoms with Gasteiger partial charge in [0.2, 0.25) is 0 Å². The molecule has 6 nitrogen and oxygen atoms in total. The van der Waals surface area contributed by atoms with Crippen molar-refractivity contribution in [2.45, 2.75) is 52.4 Å². The van der Waals surface area contributed by atoms with Crippen LogP contribution in [0, 0.1) is 5.92 Å². The summed E-state index contributed by atoms with van der Waals surface area (Å²) < 4.78 is 16.5. The summed E-state index contributed by atoms with van der Waals surface area (Å²) in [6, 6.07) is 0. The quantitative estimate of drug-likeness (QED) is 0.519. The molecule has 6 heteroatoms. The number of hydrogen-bond donors (Lipinski definition) is 0. The zero-order chi connectivity index (χ0) is 19.3. The van der Waals surface area contributed by atoms with Crippen LogP contribution in [0.3, 0.4) is 0 Å². The lowest BCUT2D eigenvalue weighted by Gasteiger charge is -2.40. The highest BCUT2D eigenvalue weighted by Crippen LogP contribution is 2.30. The Morgan fingerprint density at radius 2 is 1.48 bits per heavy atom. The first-order valence-corrected chi connectivity index (χ1v) is 8.07. The Kier molecular flexibility index (Phi) is 7.30. The number of ether oxygens (including phenoxy) is 3. The van der Waals surface area contributed by atoms with Gasteiger partial charge in [0.15, 0.2) is 11.9 Å². The monoisotopic (exact) mass is 350 g/mol. The number of carbonyl (C=O) groups is 3. The van der Waals surface area contributed by atoms with Crippen LogP contribution in [0.4, 0.5) is 0 Å². The van der Waals surface area contributed by atoms with Crippen molar-refractivity contribution < 1.29 is 28.6 Å². The van der Waals surface area contributed by atoms with Crippen molar-refractivity contribution >= 4 is 17.7 Å². The van der Waals surface area contributed by atoms with Gasteiger partial charge >= 0.3 is 11.9 Å². The van der Waals surface area contributed by atoms with E-state index in [1.165, 1.54) is 13.8 Å².